The van der Waals surface area contributed by atoms with Crippen LogP contribution in [0, 0.1) is 6.92 Å². The van der Waals surface area contributed by atoms with Crippen LogP contribution in [0.2, 0.25) is 0 Å². The second-order valence-electron chi connectivity index (χ2n) is 4.20. The Labute approximate surface area is 100 Å². The van der Waals surface area contributed by atoms with Crippen molar-refractivity contribution < 1.29 is 4.90 Å². The molecule has 0 saturated heterocycles. The van der Waals surface area contributed by atoms with Crippen molar-refractivity contribution in [1.29, 1.82) is 0 Å². The first-order valence-corrected chi connectivity index (χ1v) is 5.50. The van der Waals surface area contributed by atoms with E-state index in [1.807, 2.05) is 50.6 Å². The van der Waals surface area contributed by atoms with E-state index in [0.717, 1.165) is 11.5 Å². The van der Waals surface area contributed by atoms with E-state index in [0.29, 0.717) is 0 Å². The lowest BCUT2D eigenvalue weighted by molar-refractivity contribution is -0.800. The minimum atomic E-state index is 0.732. The summed E-state index contributed by atoms with van der Waals surface area (Å²) in [6.45, 7) is 2.06. The Morgan fingerprint density at radius 1 is 1.18 bits per heavy atom. The number of aryl methyl sites for hydroxylation is 1. The van der Waals surface area contributed by atoms with Crippen LogP contribution in [0.4, 0.5) is 0 Å². The predicted molar refractivity (Wildman–Crippen MR) is 65.7 cm³/mol. The number of tetrazole rings is 1. The Balaban J connectivity index is 2.33. The molecule has 1 N–H and O–H groups in total. The summed E-state index contributed by atoms with van der Waals surface area (Å²) in [7, 11) is 4.08. The Bertz CT molecular complexity index is 510. The third kappa shape index (κ3) is 2.76. The molecule has 0 bridgehead atoms. The minimum Gasteiger partial charge on any atom is -0.313 e. The van der Waals surface area contributed by atoms with Crippen molar-refractivity contribution in [2.45, 2.75) is 6.92 Å². The lowest BCUT2D eigenvalue weighted by Crippen LogP contribution is -3.00. The highest BCUT2D eigenvalue weighted by molar-refractivity contribution is 5.43. The van der Waals surface area contributed by atoms with Gasteiger partial charge in [0, 0.05) is 6.08 Å². The predicted octanol–water partition coefficient (Wildman–Crippen LogP) is 0.0859. The molecule has 0 atom stereocenters. The molecule has 2 rings (SSSR count). The number of nitrogens with zero attached hydrogens (tertiary/aromatic N) is 4. The summed E-state index contributed by atoms with van der Waals surface area (Å²) < 4.78 is 1.72. The molecule has 88 valence electrons. The summed E-state index contributed by atoms with van der Waals surface area (Å²) in [6.07, 6.45) is 3.91. The number of rotatable bonds is 3. The zero-order valence-electron chi connectivity index (χ0n) is 10.3. The fourth-order valence-electron chi connectivity index (χ4n) is 1.41. The van der Waals surface area contributed by atoms with Crippen molar-refractivity contribution in [2.24, 2.45) is 0 Å². The largest absolute Gasteiger partial charge is 0.313 e. The number of quaternary nitrogens is 1. The molecule has 0 aliphatic rings. The van der Waals surface area contributed by atoms with Crippen molar-refractivity contribution in [3.8, 4) is 5.69 Å². The maximum absolute atomic E-state index is 3.99. The van der Waals surface area contributed by atoms with E-state index in [9.17, 15) is 0 Å². The van der Waals surface area contributed by atoms with Gasteiger partial charge in [0.25, 0.3) is 0 Å². The van der Waals surface area contributed by atoms with Gasteiger partial charge in [0.2, 0.25) is 0 Å². The molecule has 5 heteroatoms. The summed E-state index contributed by atoms with van der Waals surface area (Å²) in [5.74, 6) is 0.732. The number of aromatic nitrogens is 4. The fraction of sp³-hybridized carbons (Fsp3) is 0.250. The van der Waals surface area contributed by atoms with Crippen molar-refractivity contribution in [3.05, 3.63) is 41.9 Å². The van der Waals surface area contributed by atoms with E-state index in [4.69, 9.17) is 0 Å². The minimum absolute atomic E-state index is 0.732. The van der Waals surface area contributed by atoms with Crippen LogP contribution in [-0.4, -0.2) is 34.3 Å². The molecule has 0 unspecified atom stereocenters. The zero-order chi connectivity index (χ0) is 12.3. The molecule has 2 aromatic rings. The van der Waals surface area contributed by atoms with Gasteiger partial charge in [-0.05, 0) is 29.5 Å². The van der Waals surface area contributed by atoms with Crippen LogP contribution in [0.3, 0.4) is 0 Å². The Morgan fingerprint density at radius 3 is 2.53 bits per heavy atom. The molecular weight excluding hydrogens is 214 g/mol. The molecule has 0 amide bonds. The summed E-state index contributed by atoms with van der Waals surface area (Å²) >= 11 is 0. The lowest BCUT2D eigenvalue weighted by atomic mass is 10.2. The average molecular weight is 230 g/mol. The van der Waals surface area contributed by atoms with Crippen molar-refractivity contribution >= 4 is 6.08 Å². The Kier molecular flexibility index (Phi) is 3.30. The van der Waals surface area contributed by atoms with Crippen LogP contribution in [0.1, 0.15) is 11.4 Å². The molecule has 0 aliphatic carbocycles. The van der Waals surface area contributed by atoms with Crippen LogP contribution in [0.25, 0.3) is 11.8 Å². The molecule has 0 saturated carbocycles. The summed E-state index contributed by atoms with van der Waals surface area (Å²) in [6, 6.07) is 8.10. The van der Waals surface area contributed by atoms with Gasteiger partial charge in [-0.15, -0.1) is 5.10 Å². The molecule has 17 heavy (non-hydrogen) atoms. The molecular formula is C12H16N5+. The van der Waals surface area contributed by atoms with E-state index < -0.39 is 0 Å². The van der Waals surface area contributed by atoms with Gasteiger partial charge in [0.15, 0.2) is 5.82 Å². The topological polar surface area (TPSA) is 48.0 Å². The SMILES string of the molecule is Cc1ccc(-n2nnnc2/C=C/[NH+](C)C)cc1. The summed E-state index contributed by atoms with van der Waals surface area (Å²) in [5.41, 5.74) is 2.19. The molecule has 0 aliphatic heterocycles. The molecule has 0 radical (unpaired) electrons. The number of hydrogen-bond acceptors (Lipinski definition) is 3. The lowest BCUT2D eigenvalue weighted by Gasteiger charge is -2.02. The van der Waals surface area contributed by atoms with Gasteiger partial charge >= 0.3 is 0 Å². The van der Waals surface area contributed by atoms with E-state index in [1.54, 1.807) is 4.68 Å². The first-order chi connectivity index (χ1) is 8.16. The molecule has 0 spiro atoms. The third-order valence-electron chi connectivity index (χ3n) is 2.34. The maximum atomic E-state index is 3.99. The third-order valence-corrected chi connectivity index (χ3v) is 2.34. The zero-order valence-corrected chi connectivity index (χ0v) is 10.3. The summed E-state index contributed by atoms with van der Waals surface area (Å²) in [5, 5.41) is 11.7. The fourth-order valence-corrected chi connectivity index (χ4v) is 1.41. The molecule has 1 aromatic carbocycles. The number of benzene rings is 1. The number of nitrogens with one attached hydrogen (secondary N) is 1. The highest BCUT2D eigenvalue weighted by atomic mass is 15.5. The molecule has 1 aromatic heterocycles. The quantitative estimate of drug-likeness (QED) is 0.812. The standard InChI is InChI=1S/C12H15N5/c1-10-4-6-11(7-5-10)17-12(13-14-15-17)8-9-16(2)3/h4-9H,1-3H3/p+1/b9-8+. The summed E-state index contributed by atoms with van der Waals surface area (Å²) in [4.78, 5) is 1.21. The highest BCUT2D eigenvalue weighted by Crippen LogP contribution is 2.09. The Morgan fingerprint density at radius 2 is 1.88 bits per heavy atom. The molecule has 0 fully saturated rings. The van der Waals surface area contributed by atoms with E-state index in [-0.39, 0.29) is 0 Å². The van der Waals surface area contributed by atoms with Gasteiger partial charge in [-0.1, -0.05) is 17.7 Å². The van der Waals surface area contributed by atoms with Crippen molar-refractivity contribution in [2.75, 3.05) is 14.1 Å². The second-order valence-corrected chi connectivity index (χ2v) is 4.20. The van der Waals surface area contributed by atoms with Crippen LogP contribution in [-0.2, 0) is 0 Å². The van der Waals surface area contributed by atoms with Crippen molar-refractivity contribution in [3.63, 3.8) is 0 Å². The second kappa shape index (κ2) is 4.88. The molecule has 1 heterocycles. The highest BCUT2D eigenvalue weighted by Gasteiger charge is 2.05. The average Bonchev–Trinajstić information content (AvgIpc) is 2.75. The maximum Gasteiger partial charge on any atom is 0.185 e. The van der Waals surface area contributed by atoms with Gasteiger partial charge in [0.1, 0.15) is 0 Å². The monoisotopic (exact) mass is 230 g/mol. The van der Waals surface area contributed by atoms with Gasteiger partial charge in [-0.2, -0.15) is 4.68 Å². The van der Waals surface area contributed by atoms with E-state index in [1.165, 1.54) is 10.5 Å². The smallest absolute Gasteiger partial charge is 0.185 e. The van der Waals surface area contributed by atoms with Gasteiger partial charge in [0.05, 0.1) is 26.0 Å². The van der Waals surface area contributed by atoms with Crippen LogP contribution in [0.15, 0.2) is 30.5 Å². The van der Waals surface area contributed by atoms with E-state index >= 15 is 0 Å². The first-order valence-electron chi connectivity index (χ1n) is 5.50. The Hall–Kier alpha value is -2.01. The first kappa shape index (κ1) is 11.5. The van der Waals surface area contributed by atoms with Crippen LogP contribution < -0.4 is 4.90 Å². The normalized spacial score (nSPS) is 11.5. The van der Waals surface area contributed by atoms with Gasteiger partial charge in [-0.3, -0.25) is 0 Å². The van der Waals surface area contributed by atoms with Crippen molar-refractivity contribution in [1.82, 2.24) is 20.2 Å². The van der Waals surface area contributed by atoms with Crippen LogP contribution >= 0.6 is 0 Å². The molecule has 5 nitrogen and oxygen atoms in total. The van der Waals surface area contributed by atoms with Crippen LogP contribution in [0.5, 0.6) is 0 Å². The van der Waals surface area contributed by atoms with Gasteiger partial charge in [-0.25, -0.2) is 0 Å². The van der Waals surface area contributed by atoms with Gasteiger partial charge < -0.3 is 4.90 Å². The number of hydrogen-bond donors (Lipinski definition) is 1. The van der Waals surface area contributed by atoms with E-state index in [2.05, 4.69) is 22.4 Å².